The Labute approximate surface area is 112 Å². The molecule has 0 aromatic heterocycles. The van der Waals surface area contributed by atoms with E-state index in [1.165, 1.54) is 12.1 Å². The van der Waals surface area contributed by atoms with E-state index < -0.39 is 5.60 Å². The van der Waals surface area contributed by atoms with Gasteiger partial charge in [-0.2, -0.15) is 10.5 Å². The molecule has 0 atom stereocenters. The molecule has 1 amide bonds. The summed E-state index contributed by atoms with van der Waals surface area (Å²) in [5.41, 5.74) is 0.478. The molecule has 0 spiro atoms. The second-order valence-electron chi connectivity index (χ2n) is 4.67. The van der Waals surface area contributed by atoms with E-state index in [2.05, 4.69) is 5.32 Å². The van der Waals surface area contributed by atoms with E-state index in [9.17, 15) is 4.79 Å². The Bertz CT molecular complexity index is 565. The average Bonchev–Trinajstić information content (AvgIpc) is 2.37. The Hall–Kier alpha value is -2.37. The average molecular weight is 257 g/mol. The number of hydrogen-bond donors (Lipinski definition) is 1. The van der Waals surface area contributed by atoms with Crippen molar-refractivity contribution in [1.29, 1.82) is 10.5 Å². The minimum absolute atomic E-state index is 0.200. The van der Waals surface area contributed by atoms with Crippen LogP contribution in [0.4, 0.5) is 5.69 Å². The summed E-state index contributed by atoms with van der Waals surface area (Å²) in [7, 11) is 1.54. The van der Waals surface area contributed by atoms with Gasteiger partial charge in [-0.3, -0.25) is 4.79 Å². The minimum atomic E-state index is -0.547. The molecular formula is C14H15N3O2. The quantitative estimate of drug-likeness (QED) is 0.895. The van der Waals surface area contributed by atoms with Crippen molar-refractivity contribution in [2.75, 3.05) is 12.4 Å². The normalized spacial score (nSPS) is 10.4. The van der Waals surface area contributed by atoms with Crippen LogP contribution >= 0.6 is 0 Å². The lowest BCUT2D eigenvalue weighted by Gasteiger charge is -2.21. The molecule has 1 aromatic rings. The highest BCUT2D eigenvalue weighted by Crippen LogP contribution is 2.17. The SMILES string of the molecule is COC(C)(C)CC(=O)Nc1ccc(C#N)c(C#N)c1. The van der Waals surface area contributed by atoms with Crippen molar-refractivity contribution < 1.29 is 9.53 Å². The van der Waals surface area contributed by atoms with Crippen LogP contribution in [0.5, 0.6) is 0 Å². The molecule has 0 aliphatic carbocycles. The second-order valence-corrected chi connectivity index (χ2v) is 4.67. The third-order valence-electron chi connectivity index (χ3n) is 2.68. The van der Waals surface area contributed by atoms with Gasteiger partial charge >= 0.3 is 0 Å². The Balaban J connectivity index is 2.82. The van der Waals surface area contributed by atoms with E-state index in [1.807, 2.05) is 26.0 Å². The van der Waals surface area contributed by atoms with Crippen molar-refractivity contribution in [3.8, 4) is 12.1 Å². The summed E-state index contributed by atoms with van der Waals surface area (Å²) in [5.74, 6) is -0.208. The van der Waals surface area contributed by atoms with Crippen LogP contribution in [0.1, 0.15) is 31.4 Å². The lowest BCUT2D eigenvalue weighted by molar-refractivity contribution is -0.121. The molecule has 0 saturated carbocycles. The van der Waals surface area contributed by atoms with E-state index in [1.54, 1.807) is 13.2 Å². The fraction of sp³-hybridized carbons (Fsp3) is 0.357. The zero-order valence-electron chi connectivity index (χ0n) is 11.2. The molecule has 0 saturated heterocycles. The topological polar surface area (TPSA) is 85.9 Å². The largest absolute Gasteiger partial charge is 0.378 e. The highest BCUT2D eigenvalue weighted by atomic mass is 16.5. The number of anilines is 1. The Morgan fingerprint density at radius 3 is 2.47 bits per heavy atom. The summed E-state index contributed by atoms with van der Waals surface area (Å²) in [6, 6.07) is 8.43. The third-order valence-corrected chi connectivity index (χ3v) is 2.68. The monoisotopic (exact) mass is 257 g/mol. The van der Waals surface area contributed by atoms with Crippen molar-refractivity contribution >= 4 is 11.6 Å². The third kappa shape index (κ3) is 4.09. The van der Waals surface area contributed by atoms with Gasteiger partial charge in [-0.25, -0.2) is 0 Å². The van der Waals surface area contributed by atoms with E-state index in [0.717, 1.165) is 0 Å². The highest BCUT2D eigenvalue weighted by molar-refractivity contribution is 5.91. The molecule has 1 rings (SSSR count). The highest BCUT2D eigenvalue weighted by Gasteiger charge is 2.21. The maximum Gasteiger partial charge on any atom is 0.227 e. The number of carbonyl (C=O) groups excluding carboxylic acids is 1. The van der Waals surface area contributed by atoms with Crippen molar-refractivity contribution in [2.45, 2.75) is 25.9 Å². The van der Waals surface area contributed by atoms with Crippen molar-refractivity contribution in [2.24, 2.45) is 0 Å². The lowest BCUT2D eigenvalue weighted by atomic mass is 10.0. The second kappa shape index (κ2) is 5.99. The molecule has 1 N–H and O–H groups in total. The maximum absolute atomic E-state index is 11.8. The van der Waals surface area contributed by atoms with Crippen molar-refractivity contribution in [3.63, 3.8) is 0 Å². The van der Waals surface area contributed by atoms with Crippen LogP contribution in [0.2, 0.25) is 0 Å². The van der Waals surface area contributed by atoms with Gasteiger partial charge in [-0.05, 0) is 32.0 Å². The summed E-state index contributed by atoms with van der Waals surface area (Å²) in [6.45, 7) is 3.62. The molecule has 5 nitrogen and oxygen atoms in total. The minimum Gasteiger partial charge on any atom is -0.378 e. The first kappa shape index (κ1) is 14.7. The molecule has 0 unspecified atom stereocenters. The van der Waals surface area contributed by atoms with Crippen LogP contribution in [0.25, 0.3) is 0 Å². The maximum atomic E-state index is 11.8. The summed E-state index contributed by atoms with van der Waals surface area (Å²) in [5, 5.41) is 20.4. The molecule has 19 heavy (non-hydrogen) atoms. The molecule has 0 bridgehead atoms. The van der Waals surface area contributed by atoms with Gasteiger partial charge in [0, 0.05) is 12.8 Å². The van der Waals surface area contributed by atoms with Gasteiger partial charge in [-0.15, -0.1) is 0 Å². The smallest absolute Gasteiger partial charge is 0.227 e. The predicted octanol–water partition coefficient (Wildman–Crippen LogP) is 2.18. The Kier molecular flexibility index (Phi) is 4.63. The predicted molar refractivity (Wildman–Crippen MR) is 70.2 cm³/mol. The number of carbonyl (C=O) groups is 1. The van der Waals surface area contributed by atoms with E-state index in [-0.39, 0.29) is 23.5 Å². The summed E-state index contributed by atoms with van der Waals surface area (Å²) < 4.78 is 5.17. The molecular weight excluding hydrogens is 242 g/mol. The number of nitriles is 2. The number of methoxy groups -OCH3 is 1. The van der Waals surface area contributed by atoms with Crippen molar-refractivity contribution in [3.05, 3.63) is 29.3 Å². The molecule has 1 aromatic carbocycles. The van der Waals surface area contributed by atoms with Gasteiger partial charge in [0.1, 0.15) is 12.1 Å². The zero-order valence-corrected chi connectivity index (χ0v) is 11.2. The van der Waals surface area contributed by atoms with Gasteiger partial charge in [0.25, 0.3) is 0 Å². The number of rotatable bonds is 4. The molecule has 0 aliphatic heterocycles. The van der Waals surface area contributed by atoms with Crippen LogP contribution in [0, 0.1) is 22.7 Å². The van der Waals surface area contributed by atoms with Gasteiger partial charge in [0.15, 0.2) is 0 Å². The van der Waals surface area contributed by atoms with Crippen LogP contribution in [0.15, 0.2) is 18.2 Å². The van der Waals surface area contributed by atoms with Crippen LogP contribution < -0.4 is 5.32 Å². The van der Waals surface area contributed by atoms with Crippen LogP contribution in [-0.2, 0) is 9.53 Å². The Morgan fingerprint density at radius 2 is 1.95 bits per heavy atom. The van der Waals surface area contributed by atoms with E-state index >= 15 is 0 Å². The molecule has 5 heteroatoms. The number of amides is 1. The first-order valence-corrected chi connectivity index (χ1v) is 5.71. The van der Waals surface area contributed by atoms with Gasteiger partial charge in [0.2, 0.25) is 5.91 Å². The van der Waals surface area contributed by atoms with Crippen LogP contribution in [-0.4, -0.2) is 18.6 Å². The lowest BCUT2D eigenvalue weighted by Crippen LogP contribution is -2.29. The molecule has 0 heterocycles. The van der Waals surface area contributed by atoms with Gasteiger partial charge in [0.05, 0.1) is 23.1 Å². The summed E-state index contributed by atoms with van der Waals surface area (Å²) >= 11 is 0. The van der Waals surface area contributed by atoms with Crippen LogP contribution in [0.3, 0.4) is 0 Å². The molecule has 0 aliphatic rings. The number of nitrogens with one attached hydrogen (secondary N) is 1. The van der Waals surface area contributed by atoms with E-state index in [4.69, 9.17) is 15.3 Å². The summed E-state index contributed by atoms with van der Waals surface area (Å²) in [6.07, 6.45) is 0.200. The zero-order chi connectivity index (χ0) is 14.5. The fourth-order valence-corrected chi connectivity index (χ4v) is 1.48. The number of benzene rings is 1. The molecule has 98 valence electrons. The number of nitrogens with zero attached hydrogens (tertiary/aromatic N) is 2. The molecule has 0 fully saturated rings. The number of hydrogen-bond acceptors (Lipinski definition) is 4. The van der Waals surface area contributed by atoms with Crippen molar-refractivity contribution in [1.82, 2.24) is 0 Å². The first-order chi connectivity index (χ1) is 8.91. The van der Waals surface area contributed by atoms with E-state index in [0.29, 0.717) is 5.69 Å². The fourth-order valence-electron chi connectivity index (χ4n) is 1.48. The summed E-state index contributed by atoms with van der Waals surface area (Å²) in [4.78, 5) is 11.8. The van der Waals surface area contributed by atoms with Gasteiger partial charge < -0.3 is 10.1 Å². The number of ether oxygens (including phenoxy) is 1. The Morgan fingerprint density at radius 1 is 1.32 bits per heavy atom. The standard InChI is InChI=1S/C14H15N3O2/c1-14(2,19-3)7-13(18)17-12-5-4-10(8-15)11(6-12)9-16/h4-6H,7H2,1-3H3,(H,17,18). The van der Waals surface area contributed by atoms with Gasteiger partial charge in [-0.1, -0.05) is 0 Å². The first-order valence-electron chi connectivity index (χ1n) is 5.71. The molecule has 0 radical (unpaired) electrons.